The van der Waals surface area contributed by atoms with Crippen LogP contribution in [0.2, 0.25) is 0 Å². The Morgan fingerprint density at radius 2 is 1.64 bits per heavy atom. The van der Waals surface area contributed by atoms with E-state index >= 15 is 0 Å². The molecule has 2 saturated heterocycles. The Kier molecular flexibility index (Phi) is 5.08. The highest BCUT2D eigenvalue weighted by Crippen LogP contribution is 2.54. The summed E-state index contributed by atoms with van der Waals surface area (Å²) >= 11 is 0. The van der Waals surface area contributed by atoms with Gasteiger partial charge < -0.3 is 14.6 Å². The number of ether oxygens (including phenoxy) is 2. The van der Waals surface area contributed by atoms with Crippen molar-refractivity contribution in [3.63, 3.8) is 0 Å². The van der Waals surface area contributed by atoms with Crippen LogP contribution in [-0.4, -0.2) is 36.1 Å². The number of carboxylic acids is 1. The van der Waals surface area contributed by atoms with Crippen molar-refractivity contribution in [2.45, 2.75) is 18.5 Å². The van der Waals surface area contributed by atoms with Crippen molar-refractivity contribution < 1.29 is 29.0 Å². The van der Waals surface area contributed by atoms with Crippen LogP contribution in [0.1, 0.15) is 22.7 Å². The lowest BCUT2D eigenvalue weighted by molar-refractivity contribution is -0.149. The molecule has 2 N–H and O–H groups in total. The number of aryl methyl sites for hydroxylation is 1. The van der Waals surface area contributed by atoms with Gasteiger partial charge in [-0.25, -0.2) is 9.69 Å². The average molecular weight is 485 g/mol. The molecule has 3 aromatic rings. The van der Waals surface area contributed by atoms with Crippen molar-refractivity contribution in [3.05, 3.63) is 89.5 Å². The normalized spacial score (nSPS) is 26.7. The number of anilines is 1. The molecule has 182 valence electrons. The maximum atomic E-state index is 14.0. The molecule has 8 heteroatoms. The van der Waals surface area contributed by atoms with Crippen LogP contribution in [0.3, 0.4) is 0 Å². The minimum atomic E-state index is -1.80. The molecule has 6 rings (SSSR count). The molecule has 2 fully saturated rings. The maximum Gasteiger partial charge on any atom is 0.329 e. The van der Waals surface area contributed by atoms with Crippen LogP contribution < -0.4 is 19.7 Å². The topological polar surface area (TPSA) is 105 Å². The molecule has 3 aliphatic heterocycles. The number of nitrogens with one attached hydrogen (secondary N) is 1. The second-order valence-corrected chi connectivity index (χ2v) is 9.31. The molecule has 36 heavy (non-hydrogen) atoms. The lowest BCUT2D eigenvalue weighted by Gasteiger charge is -2.32. The van der Waals surface area contributed by atoms with E-state index in [-0.39, 0.29) is 0 Å². The van der Waals surface area contributed by atoms with E-state index in [4.69, 9.17) is 9.47 Å². The smallest absolute Gasteiger partial charge is 0.329 e. The fraction of sp³-hybridized carbons (Fsp3) is 0.250. The first kappa shape index (κ1) is 22.3. The van der Waals surface area contributed by atoms with Gasteiger partial charge in [-0.3, -0.25) is 14.9 Å². The molecule has 0 spiro atoms. The number of carbonyl (C=O) groups excluding carboxylic acids is 2. The van der Waals surface area contributed by atoms with Crippen LogP contribution >= 0.6 is 0 Å². The number of amides is 2. The Balaban J connectivity index is 1.54. The second-order valence-electron chi connectivity index (χ2n) is 9.31. The summed E-state index contributed by atoms with van der Waals surface area (Å²) in [5.74, 6) is -3.14. The fourth-order valence-electron chi connectivity index (χ4n) is 5.79. The minimum Gasteiger partial charge on any atom is -0.486 e. The zero-order valence-electron chi connectivity index (χ0n) is 19.5. The van der Waals surface area contributed by atoms with Crippen molar-refractivity contribution in [2.75, 3.05) is 18.1 Å². The van der Waals surface area contributed by atoms with Crippen molar-refractivity contribution in [2.24, 2.45) is 11.8 Å². The molecule has 8 nitrogen and oxygen atoms in total. The minimum absolute atomic E-state index is 0.391. The quantitative estimate of drug-likeness (QED) is 0.548. The lowest BCUT2D eigenvalue weighted by atomic mass is 9.75. The summed E-state index contributed by atoms with van der Waals surface area (Å²) in [4.78, 5) is 42.2. The van der Waals surface area contributed by atoms with E-state index in [0.717, 1.165) is 10.5 Å². The highest BCUT2D eigenvalue weighted by molar-refractivity contribution is 6.24. The van der Waals surface area contributed by atoms with Crippen molar-refractivity contribution in [1.82, 2.24) is 5.32 Å². The molecular formula is C28H24N2O6. The third kappa shape index (κ3) is 3.07. The van der Waals surface area contributed by atoms with Gasteiger partial charge in [-0.15, -0.1) is 0 Å². The Morgan fingerprint density at radius 3 is 2.36 bits per heavy atom. The van der Waals surface area contributed by atoms with E-state index in [1.165, 1.54) is 0 Å². The molecule has 4 unspecified atom stereocenters. The molecule has 0 aliphatic carbocycles. The number of para-hydroxylation sites is 1. The number of nitrogens with zero attached hydrogens (tertiary/aromatic N) is 1. The van der Waals surface area contributed by atoms with Gasteiger partial charge in [-0.2, -0.15) is 0 Å². The first-order valence-corrected chi connectivity index (χ1v) is 11.8. The van der Waals surface area contributed by atoms with Crippen LogP contribution in [0.25, 0.3) is 0 Å². The monoisotopic (exact) mass is 484 g/mol. The van der Waals surface area contributed by atoms with Gasteiger partial charge in [0.1, 0.15) is 13.2 Å². The summed E-state index contributed by atoms with van der Waals surface area (Å²) in [7, 11) is 0. The molecule has 0 saturated carbocycles. The van der Waals surface area contributed by atoms with E-state index in [2.05, 4.69) is 5.32 Å². The summed E-state index contributed by atoms with van der Waals surface area (Å²) in [6.45, 7) is 2.65. The molecule has 0 radical (unpaired) electrons. The summed E-state index contributed by atoms with van der Waals surface area (Å²) in [5, 5.41) is 13.9. The number of benzene rings is 3. The molecule has 2 amide bonds. The van der Waals surface area contributed by atoms with Gasteiger partial charge in [-0.05, 0) is 41.8 Å². The standard InChI is InChI=1S/C28H24N2O6/c1-16-7-5-6-10-19(16)30-25(31)22-23(26(30)32)28(27(33)34,18-8-3-2-4-9-18)29-24(22)17-11-12-20-21(15-17)36-14-13-35-20/h2-12,15,22-24,29H,13-14H2,1H3,(H,33,34). The van der Waals surface area contributed by atoms with E-state index in [1.807, 2.05) is 19.1 Å². The van der Waals surface area contributed by atoms with Crippen molar-refractivity contribution in [1.29, 1.82) is 0 Å². The molecule has 3 aliphatic rings. The maximum absolute atomic E-state index is 14.0. The van der Waals surface area contributed by atoms with Crippen LogP contribution in [-0.2, 0) is 19.9 Å². The number of aliphatic carboxylic acids is 1. The molecule has 3 heterocycles. The second kappa shape index (κ2) is 8.20. The van der Waals surface area contributed by atoms with Crippen LogP contribution in [0.15, 0.2) is 72.8 Å². The highest BCUT2D eigenvalue weighted by Gasteiger charge is 2.69. The van der Waals surface area contributed by atoms with Gasteiger partial charge in [-0.1, -0.05) is 54.6 Å². The largest absolute Gasteiger partial charge is 0.486 e. The summed E-state index contributed by atoms with van der Waals surface area (Å²) in [6, 6.07) is 20.3. The van der Waals surface area contributed by atoms with Crippen molar-refractivity contribution in [3.8, 4) is 11.5 Å². The van der Waals surface area contributed by atoms with Gasteiger partial charge in [0.15, 0.2) is 17.0 Å². The molecule has 3 aromatic carbocycles. The van der Waals surface area contributed by atoms with E-state index in [1.54, 1.807) is 60.7 Å². The number of carbonyl (C=O) groups is 3. The van der Waals surface area contributed by atoms with E-state index in [0.29, 0.717) is 41.5 Å². The predicted molar refractivity (Wildman–Crippen MR) is 130 cm³/mol. The SMILES string of the molecule is Cc1ccccc1N1C(=O)C2C(c3ccc4c(c3)OCCO4)NC(C(=O)O)(c3ccccc3)C2C1=O. The summed E-state index contributed by atoms with van der Waals surface area (Å²) in [5.41, 5.74) is 0.494. The third-order valence-corrected chi connectivity index (χ3v) is 7.41. The predicted octanol–water partition coefficient (Wildman–Crippen LogP) is 3.20. The van der Waals surface area contributed by atoms with Crippen LogP contribution in [0.4, 0.5) is 5.69 Å². The van der Waals surface area contributed by atoms with Crippen molar-refractivity contribution >= 4 is 23.5 Å². The Morgan fingerprint density at radius 1 is 0.944 bits per heavy atom. The van der Waals surface area contributed by atoms with Gasteiger partial charge in [0.2, 0.25) is 11.8 Å². The number of fused-ring (bicyclic) bond motifs is 2. The number of rotatable bonds is 4. The number of hydrogen-bond donors (Lipinski definition) is 2. The summed E-state index contributed by atoms with van der Waals surface area (Å²) < 4.78 is 11.4. The van der Waals surface area contributed by atoms with Gasteiger partial charge in [0, 0.05) is 6.04 Å². The Hall–Kier alpha value is -4.17. The zero-order chi connectivity index (χ0) is 25.0. The highest BCUT2D eigenvalue weighted by atomic mass is 16.6. The lowest BCUT2D eigenvalue weighted by Crippen LogP contribution is -2.53. The summed E-state index contributed by atoms with van der Waals surface area (Å²) in [6.07, 6.45) is 0. The molecule has 0 aromatic heterocycles. The number of imide groups is 1. The number of hydrogen-bond acceptors (Lipinski definition) is 6. The molecule has 4 atom stereocenters. The number of carboxylic acid groups (broad SMARTS) is 1. The first-order chi connectivity index (χ1) is 17.4. The molecular weight excluding hydrogens is 460 g/mol. The third-order valence-electron chi connectivity index (χ3n) is 7.41. The van der Waals surface area contributed by atoms with E-state index in [9.17, 15) is 19.5 Å². The zero-order valence-corrected chi connectivity index (χ0v) is 19.5. The Labute approximate surface area is 207 Å². The first-order valence-electron chi connectivity index (χ1n) is 11.8. The van der Waals surface area contributed by atoms with Gasteiger partial charge >= 0.3 is 5.97 Å². The Bertz CT molecular complexity index is 1390. The van der Waals surface area contributed by atoms with E-state index < -0.39 is 41.2 Å². The van der Waals surface area contributed by atoms with Crippen LogP contribution in [0.5, 0.6) is 11.5 Å². The van der Waals surface area contributed by atoms with Gasteiger partial charge in [0.25, 0.3) is 0 Å². The van der Waals surface area contributed by atoms with Crippen LogP contribution in [0, 0.1) is 18.8 Å². The fourth-order valence-corrected chi connectivity index (χ4v) is 5.79. The average Bonchev–Trinajstić information content (AvgIpc) is 3.39. The van der Waals surface area contributed by atoms with Gasteiger partial charge in [0.05, 0.1) is 17.5 Å². The molecule has 0 bridgehead atoms.